The van der Waals surface area contributed by atoms with Crippen LogP contribution >= 0.6 is 15.9 Å². The summed E-state index contributed by atoms with van der Waals surface area (Å²) in [5.41, 5.74) is 1.07. The summed E-state index contributed by atoms with van der Waals surface area (Å²) in [6.45, 7) is 2.25. The maximum Gasteiger partial charge on any atom is 0.337 e. The summed E-state index contributed by atoms with van der Waals surface area (Å²) in [5.74, 6) is -0.0343. The predicted octanol–water partition coefficient (Wildman–Crippen LogP) is 4.53. The number of hydrogen-bond donors (Lipinski definition) is 2. The summed E-state index contributed by atoms with van der Waals surface area (Å²) < 4.78 is 0.796. The normalized spacial score (nSPS) is 23.1. The maximum absolute atomic E-state index is 11.3. The third kappa shape index (κ3) is 3.72. The van der Waals surface area contributed by atoms with Crippen LogP contribution in [-0.4, -0.2) is 17.1 Å². The largest absolute Gasteiger partial charge is 0.478 e. The fourth-order valence-electron chi connectivity index (χ4n) is 2.75. The van der Waals surface area contributed by atoms with Gasteiger partial charge in [0.15, 0.2) is 0 Å². The van der Waals surface area contributed by atoms with Crippen molar-refractivity contribution in [3.8, 4) is 0 Å². The van der Waals surface area contributed by atoms with Gasteiger partial charge in [-0.15, -0.1) is 0 Å². The van der Waals surface area contributed by atoms with Crippen LogP contribution in [0.15, 0.2) is 22.7 Å². The van der Waals surface area contributed by atoms with Crippen molar-refractivity contribution in [2.24, 2.45) is 5.92 Å². The number of rotatable bonds is 4. The van der Waals surface area contributed by atoms with Gasteiger partial charge in [0.25, 0.3) is 0 Å². The fourth-order valence-corrected chi connectivity index (χ4v) is 3.12. The first kappa shape index (κ1) is 14.4. The Labute approximate surface area is 122 Å². The molecule has 0 radical (unpaired) electrons. The third-order valence-electron chi connectivity index (χ3n) is 4.00. The molecule has 0 amide bonds. The average Bonchev–Trinajstić information content (AvgIpc) is 2.41. The second-order valence-electron chi connectivity index (χ2n) is 5.27. The Morgan fingerprint density at radius 1 is 1.37 bits per heavy atom. The van der Waals surface area contributed by atoms with Crippen LogP contribution in [0.3, 0.4) is 0 Å². The van der Waals surface area contributed by atoms with E-state index in [1.807, 2.05) is 12.1 Å². The van der Waals surface area contributed by atoms with Crippen LogP contribution in [0.5, 0.6) is 0 Å². The molecule has 0 bridgehead atoms. The van der Waals surface area contributed by atoms with E-state index in [1.165, 1.54) is 19.3 Å². The number of benzene rings is 1. The first-order valence-electron chi connectivity index (χ1n) is 6.89. The first-order chi connectivity index (χ1) is 9.10. The Balaban J connectivity index is 2.05. The molecule has 104 valence electrons. The number of nitrogens with one attached hydrogen (secondary N) is 1. The quantitative estimate of drug-likeness (QED) is 0.855. The van der Waals surface area contributed by atoms with Crippen LogP contribution < -0.4 is 5.32 Å². The molecule has 0 unspecified atom stereocenters. The summed E-state index contributed by atoms with van der Waals surface area (Å²) in [4.78, 5) is 11.3. The van der Waals surface area contributed by atoms with Crippen molar-refractivity contribution in [2.75, 3.05) is 5.32 Å². The Hall–Kier alpha value is -1.03. The van der Waals surface area contributed by atoms with Crippen molar-refractivity contribution in [2.45, 2.75) is 45.1 Å². The third-order valence-corrected chi connectivity index (χ3v) is 4.49. The van der Waals surface area contributed by atoms with Crippen molar-refractivity contribution < 1.29 is 9.90 Å². The van der Waals surface area contributed by atoms with E-state index in [0.29, 0.717) is 11.6 Å². The van der Waals surface area contributed by atoms with E-state index in [2.05, 4.69) is 28.2 Å². The number of halogens is 1. The van der Waals surface area contributed by atoms with Gasteiger partial charge < -0.3 is 10.4 Å². The highest BCUT2D eigenvalue weighted by Crippen LogP contribution is 2.30. The molecule has 1 saturated carbocycles. The number of carbonyl (C=O) groups is 1. The van der Waals surface area contributed by atoms with Gasteiger partial charge in [-0.3, -0.25) is 0 Å². The van der Waals surface area contributed by atoms with Gasteiger partial charge in [0.05, 0.1) is 5.56 Å². The number of hydrogen-bond acceptors (Lipinski definition) is 2. The fraction of sp³-hybridized carbons (Fsp3) is 0.533. The second-order valence-corrected chi connectivity index (χ2v) is 6.18. The van der Waals surface area contributed by atoms with E-state index in [4.69, 9.17) is 0 Å². The molecule has 0 saturated heterocycles. The lowest BCUT2D eigenvalue weighted by Crippen LogP contribution is -2.26. The topological polar surface area (TPSA) is 49.3 Å². The van der Waals surface area contributed by atoms with Gasteiger partial charge in [0.1, 0.15) is 0 Å². The molecular weight excluding hydrogens is 306 g/mol. The minimum Gasteiger partial charge on any atom is -0.478 e. The standard InChI is InChI=1S/C15H20BrNO2/c1-2-10-3-6-12(7-4-10)17-14-8-5-11(16)9-13(14)15(18)19/h5,8-10,12,17H,2-4,6-7H2,1H3,(H,18,19). The van der Waals surface area contributed by atoms with Gasteiger partial charge in [-0.2, -0.15) is 0 Å². The van der Waals surface area contributed by atoms with Crippen molar-refractivity contribution >= 4 is 27.6 Å². The van der Waals surface area contributed by atoms with E-state index in [-0.39, 0.29) is 0 Å². The zero-order valence-electron chi connectivity index (χ0n) is 11.2. The van der Waals surface area contributed by atoms with Gasteiger partial charge >= 0.3 is 5.97 Å². The lowest BCUT2D eigenvalue weighted by molar-refractivity contribution is 0.0698. The lowest BCUT2D eigenvalue weighted by atomic mass is 9.84. The molecule has 2 rings (SSSR count). The molecule has 0 aliphatic heterocycles. The maximum atomic E-state index is 11.3. The molecule has 2 N–H and O–H groups in total. The van der Waals surface area contributed by atoms with E-state index in [9.17, 15) is 9.90 Å². The van der Waals surface area contributed by atoms with Gasteiger partial charge in [-0.1, -0.05) is 29.3 Å². The van der Waals surface area contributed by atoms with Crippen LogP contribution in [-0.2, 0) is 0 Å². The summed E-state index contributed by atoms with van der Waals surface area (Å²) in [6, 6.07) is 5.79. The molecule has 1 aliphatic rings. The smallest absolute Gasteiger partial charge is 0.337 e. The average molecular weight is 326 g/mol. The summed E-state index contributed by atoms with van der Waals surface area (Å²) in [7, 11) is 0. The van der Waals surface area contributed by atoms with Crippen molar-refractivity contribution in [1.29, 1.82) is 0 Å². The van der Waals surface area contributed by atoms with E-state index >= 15 is 0 Å². The molecule has 0 atom stereocenters. The Morgan fingerprint density at radius 3 is 2.63 bits per heavy atom. The van der Waals surface area contributed by atoms with Gasteiger partial charge in [0.2, 0.25) is 0 Å². The second kappa shape index (κ2) is 6.42. The molecule has 1 aliphatic carbocycles. The minimum absolute atomic E-state index is 0.340. The zero-order valence-corrected chi connectivity index (χ0v) is 12.7. The molecule has 4 heteroatoms. The van der Waals surface area contributed by atoms with E-state index in [1.54, 1.807) is 6.07 Å². The molecule has 1 aromatic rings. The monoisotopic (exact) mass is 325 g/mol. The number of carboxylic acid groups (broad SMARTS) is 1. The van der Waals surface area contributed by atoms with E-state index in [0.717, 1.165) is 28.9 Å². The molecule has 0 spiro atoms. The van der Waals surface area contributed by atoms with Crippen molar-refractivity contribution in [3.63, 3.8) is 0 Å². The number of aromatic carboxylic acids is 1. The molecule has 3 nitrogen and oxygen atoms in total. The first-order valence-corrected chi connectivity index (χ1v) is 7.68. The van der Waals surface area contributed by atoms with Crippen LogP contribution in [0.25, 0.3) is 0 Å². The summed E-state index contributed by atoms with van der Waals surface area (Å²) in [6.07, 6.45) is 6.01. The number of anilines is 1. The highest BCUT2D eigenvalue weighted by molar-refractivity contribution is 9.10. The molecule has 1 aromatic carbocycles. The summed E-state index contributed by atoms with van der Waals surface area (Å²) >= 11 is 3.32. The molecule has 19 heavy (non-hydrogen) atoms. The Morgan fingerprint density at radius 2 is 2.05 bits per heavy atom. The van der Waals surface area contributed by atoms with Gasteiger partial charge in [-0.25, -0.2) is 4.79 Å². The lowest BCUT2D eigenvalue weighted by Gasteiger charge is -2.29. The van der Waals surface area contributed by atoms with Crippen LogP contribution in [0, 0.1) is 5.92 Å². The zero-order chi connectivity index (χ0) is 13.8. The SMILES string of the molecule is CCC1CCC(Nc2ccc(Br)cc2C(=O)O)CC1. The molecule has 0 heterocycles. The molecule has 1 fully saturated rings. The molecule has 0 aromatic heterocycles. The van der Waals surface area contributed by atoms with E-state index < -0.39 is 5.97 Å². The van der Waals surface area contributed by atoms with Crippen LogP contribution in [0.2, 0.25) is 0 Å². The summed E-state index contributed by atoms with van der Waals surface area (Å²) in [5, 5.41) is 12.6. The highest BCUT2D eigenvalue weighted by Gasteiger charge is 2.21. The van der Waals surface area contributed by atoms with Crippen LogP contribution in [0.4, 0.5) is 5.69 Å². The molecular formula is C15H20BrNO2. The van der Waals surface area contributed by atoms with Crippen molar-refractivity contribution in [1.82, 2.24) is 0 Å². The Bertz CT molecular complexity index is 453. The van der Waals surface area contributed by atoms with Crippen LogP contribution in [0.1, 0.15) is 49.4 Å². The predicted molar refractivity (Wildman–Crippen MR) is 80.8 cm³/mol. The van der Waals surface area contributed by atoms with Gasteiger partial charge in [-0.05, 0) is 49.8 Å². The Kier molecular flexibility index (Phi) is 4.86. The van der Waals surface area contributed by atoms with Gasteiger partial charge in [0, 0.05) is 16.2 Å². The highest BCUT2D eigenvalue weighted by atomic mass is 79.9. The van der Waals surface area contributed by atoms with Crippen molar-refractivity contribution in [3.05, 3.63) is 28.2 Å². The minimum atomic E-state index is -0.883. The number of carboxylic acids is 1.